The lowest BCUT2D eigenvalue weighted by Crippen LogP contribution is -2.10. The molecular weight excluding hydrogens is 219 g/mol. The molecule has 1 aliphatic rings. The Morgan fingerprint density at radius 1 is 1.27 bits per heavy atom. The maximum atomic E-state index is 12.7. The number of hydrogen-bond acceptors (Lipinski definition) is 2. The molecule has 1 aromatic carbocycles. The first-order valence-corrected chi connectivity index (χ1v) is 5.32. The predicted molar refractivity (Wildman–Crippen MR) is 55.3 cm³/mol. The van der Waals surface area contributed by atoms with Crippen LogP contribution in [0.1, 0.15) is 17.4 Å². The van der Waals surface area contributed by atoms with Gasteiger partial charge in [0.05, 0.1) is 18.6 Å². The second kappa shape index (κ2) is 4.92. The zero-order chi connectivity index (χ0) is 10.7. The van der Waals surface area contributed by atoms with Crippen molar-refractivity contribution in [2.75, 3.05) is 13.2 Å². The molecule has 2 rings (SSSR count). The minimum Gasteiger partial charge on any atom is -0.350 e. The average Bonchev–Trinajstić information content (AvgIpc) is 2.71. The van der Waals surface area contributed by atoms with Gasteiger partial charge in [-0.1, -0.05) is 12.1 Å². The zero-order valence-electron chi connectivity index (χ0n) is 8.16. The van der Waals surface area contributed by atoms with Crippen molar-refractivity contribution in [3.63, 3.8) is 0 Å². The molecule has 1 unspecified atom stereocenters. The maximum absolute atomic E-state index is 12.7. The van der Waals surface area contributed by atoms with Gasteiger partial charge < -0.3 is 9.47 Å². The Bertz CT molecular complexity index is 309. The van der Waals surface area contributed by atoms with Crippen molar-refractivity contribution in [1.82, 2.24) is 0 Å². The molecule has 1 atom stereocenters. The summed E-state index contributed by atoms with van der Waals surface area (Å²) in [5.41, 5.74) is 0.886. The molecule has 0 saturated carbocycles. The highest BCUT2D eigenvalue weighted by Crippen LogP contribution is 2.28. The largest absolute Gasteiger partial charge is 0.350 e. The molecule has 0 radical (unpaired) electrons. The van der Waals surface area contributed by atoms with Crippen molar-refractivity contribution < 1.29 is 13.9 Å². The Morgan fingerprint density at radius 3 is 2.47 bits per heavy atom. The molecule has 0 aliphatic carbocycles. The fourth-order valence-electron chi connectivity index (χ4n) is 1.52. The van der Waals surface area contributed by atoms with Gasteiger partial charge in [0, 0.05) is 6.42 Å². The smallest absolute Gasteiger partial charge is 0.159 e. The summed E-state index contributed by atoms with van der Waals surface area (Å²) in [5.74, 6) is -0.254. The molecule has 1 aromatic rings. The van der Waals surface area contributed by atoms with E-state index in [2.05, 4.69) is 0 Å². The van der Waals surface area contributed by atoms with Crippen molar-refractivity contribution in [3.8, 4) is 0 Å². The first-order chi connectivity index (χ1) is 7.25. The highest BCUT2D eigenvalue weighted by molar-refractivity contribution is 6.20. The quantitative estimate of drug-likeness (QED) is 0.744. The topological polar surface area (TPSA) is 18.5 Å². The van der Waals surface area contributed by atoms with Gasteiger partial charge in [-0.3, -0.25) is 0 Å². The SMILES string of the molecule is Fc1ccc(C(Cl)CC2OCCO2)cc1. The molecule has 0 N–H and O–H groups in total. The lowest BCUT2D eigenvalue weighted by Gasteiger charge is -2.14. The fourth-order valence-corrected chi connectivity index (χ4v) is 1.81. The Labute approximate surface area is 92.9 Å². The van der Waals surface area contributed by atoms with Gasteiger partial charge in [0.2, 0.25) is 0 Å². The van der Waals surface area contributed by atoms with Gasteiger partial charge in [-0.05, 0) is 17.7 Å². The molecule has 82 valence electrons. The molecule has 0 bridgehead atoms. The van der Waals surface area contributed by atoms with Gasteiger partial charge in [-0.2, -0.15) is 0 Å². The van der Waals surface area contributed by atoms with Gasteiger partial charge in [-0.15, -0.1) is 11.6 Å². The van der Waals surface area contributed by atoms with Gasteiger partial charge in [-0.25, -0.2) is 4.39 Å². The number of hydrogen-bond donors (Lipinski definition) is 0. The van der Waals surface area contributed by atoms with Gasteiger partial charge in [0.1, 0.15) is 5.82 Å². The zero-order valence-corrected chi connectivity index (χ0v) is 8.91. The van der Waals surface area contributed by atoms with E-state index >= 15 is 0 Å². The molecule has 1 saturated heterocycles. The molecule has 1 fully saturated rings. The fraction of sp³-hybridized carbons (Fsp3) is 0.455. The number of halogens is 2. The summed E-state index contributed by atoms with van der Waals surface area (Å²) in [5, 5.41) is -0.200. The van der Waals surface area contributed by atoms with Crippen LogP contribution in [-0.4, -0.2) is 19.5 Å². The van der Waals surface area contributed by atoms with Gasteiger partial charge in [0.25, 0.3) is 0 Å². The third-order valence-electron chi connectivity index (χ3n) is 2.32. The van der Waals surface area contributed by atoms with Crippen LogP contribution < -0.4 is 0 Å². The lowest BCUT2D eigenvalue weighted by molar-refractivity contribution is -0.0470. The second-order valence-electron chi connectivity index (χ2n) is 3.43. The van der Waals surface area contributed by atoms with Crippen LogP contribution in [-0.2, 0) is 9.47 Å². The van der Waals surface area contributed by atoms with E-state index < -0.39 is 0 Å². The van der Waals surface area contributed by atoms with E-state index in [1.807, 2.05) is 0 Å². The van der Waals surface area contributed by atoms with E-state index in [0.29, 0.717) is 19.6 Å². The van der Waals surface area contributed by atoms with Crippen molar-refractivity contribution in [2.24, 2.45) is 0 Å². The molecule has 1 aliphatic heterocycles. The predicted octanol–water partition coefficient (Wildman–Crippen LogP) is 2.87. The normalized spacial score (nSPS) is 19.3. The molecule has 0 spiro atoms. The van der Waals surface area contributed by atoms with Crippen LogP contribution in [0.3, 0.4) is 0 Å². The van der Waals surface area contributed by atoms with Gasteiger partial charge >= 0.3 is 0 Å². The number of ether oxygens (including phenoxy) is 2. The van der Waals surface area contributed by atoms with Crippen molar-refractivity contribution in [3.05, 3.63) is 35.6 Å². The summed E-state index contributed by atoms with van der Waals surface area (Å²) in [6.45, 7) is 1.25. The van der Waals surface area contributed by atoms with Crippen LogP contribution >= 0.6 is 11.6 Å². The summed E-state index contributed by atoms with van der Waals surface area (Å²) in [6, 6.07) is 6.17. The molecule has 15 heavy (non-hydrogen) atoms. The Morgan fingerprint density at radius 2 is 1.87 bits per heavy atom. The summed E-state index contributed by atoms with van der Waals surface area (Å²) in [6.07, 6.45) is 0.366. The van der Waals surface area contributed by atoms with Crippen LogP contribution in [0.5, 0.6) is 0 Å². The molecule has 1 heterocycles. The summed E-state index contributed by atoms with van der Waals surface area (Å²) < 4.78 is 23.2. The first kappa shape index (κ1) is 10.9. The Balaban J connectivity index is 1.94. The van der Waals surface area contributed by atoms with Crippen molar-refractivity contribution in [1.29, 1.82) is 0 Å². The van der Waals surface area contributed by atoms with E-state index in [-0.39, 0.29) is 17.5 Å². The molecule has 4 heteroatoms. The Kier molecular flexibility index (Phi) is 3.57. The lowest BCUT2D eigenvalue weighted by atomic mass is 10.1. The van der Waals surface area contributed by atoms with Crippen LogP contribution in [0.15, 0.2) is 24.3 Å². The van der Waals surface area contributed by atoms with Crippen molar-refractivity contribution >= 4 is 11.6 Å². The van der Waals surface area contributed by atoms with Crippen LogP contribution in [0.25, 0.3) is 0 Å². The Hall–Kier alpha value is -0.640. The van der Waals surface area contributed by atoms with Crippen molar-refractivity contribution in [2.45, 2.75) is 18.1 Å². The highest BCUT2D eigenvalue weighted by Gasteiger charge is 2.20. The summed E-state index contributed by atoms with van der Waals surface area (Å²) >= 11 is 6.16. The molecule has 2 nitrogen and oxygen atoms in total. The maximum Gasteiger partial charge on any atom is 0.159 e. The first-order valence-electron chi connectivity index (χ1n) is 4.88. The minimum atomic E-state index is -0.254. The third-order valence-corrected chi connectivity index (χ3v) is 2.75. The van der Waals surface area contributed by atoms with E-state index in [0.717, 1.165) is 5.56 Å². The van der Waals surface area contributed by atoms with Crippen LogP contribution in [0, 0.1) is 5.82 Å². The summed E-state index contributed by atoms with van der Waals surface area (Å²) in [4.78, 5) is 0. The monoisotopic (exact) mass is 230 g/mol. The van der Waals surface area contributed by atoms with Crippen LogP contribution in [0.2, 0.25) is 0 Å². The van der Waals surface area contributed by atoms with E-state index in [4.69, 9.17) is 21.1 Å². The molecule has 0 aromatic heterocycles. The molecular formula is C11H12ClFO2. The number of alkyl halides is 1. The summed E-state index contributed by atoms with van der Waals surface area (Å²) in [7, 11) is 0. The molecule has 0 amide bonds. The van der Waals surface area contributed by atoms with E-state index in [1.165, 1.54) is 12.1 Å². The van der Waals surface area contributed by atoms with E-state index in [1.54, 1.807) is 12.1 Å². The van der Waals surface area contributed by atoms with Crippen LogP contribution in [0.4, 0.5) is 4.39 Å². The second-order valence-corrected chi connectivity index (χ2v) is 3.95. The number of rotatable bonds is 3. The standard InChI is InChI=1S/C11H12ClFO2/c12-10(7-11-14-5-6-15-11)8-1-3-9(13)4-2-8/h1-4,10-11H,5-7H2. The van der Waals surface area contributed by atoms with E-state index in [9.17, 15) is 4.39 Å². The van der Waals surface area contributed by atoms with Gasteiger partial charge in [0.15, 0.2) is 6.29 Å². The number of benzene rings is 1. The third kappa shape index (κ3) is 2.91. The highest BCUT2D eigenvalue weighted by atomic mass is 35.5. The average molecular weight is 231 g/mol. The minimum absolute atomic E-state index is 0.200.